The van der Waals surface area contributed by atoms with Crippen molar-refractivity contribution < 1.29 is 13.2 Å². The Bertz CT molecular complexity index is 214. The van der Waals surface area contributed by atoms with E-state index in [4.69, 9.17) is 4.74 Å². The van der Waals surface area contributed by atoms with Gasteiger partial charge in [-0.15, -0.1) is 0 Å². The van der Waals surface area contributed by atoms with E-state index >= 15 is 0 Å². The summed E-state index contributed by atoms with van der Waals surface area (Å²) in [4.78, 5) is 0. The van der Waals surface area contributed by atoms with Crippen LogP contribution in [0.25, 0.3) is 0 Å². The Morgan fingerprint density at radius 2 is 1.79 bits per heavy atom. The Morgan fingerprint density at radius 3 is 2.36 bits per heavy atom. The molecule has 0 spiro atoms. The van der Waals surface area contributed by atoms with Crippen LogP contribution in [0.4, 0.5) is 0 Å². The van der Waals surface area contributed by atoms with Gasteiger partial charge in [-0.3, -0.25) is 0 Å². The number of methoxy groups -OCH3 is 1. The van der Waals surface area contributed by atoms with Crippen LogP contribution in [0, 0.1) is 0 Å². The summed E-state index contributed by atoms with van der Waals surface area (Å²) in [5, 5.41) is 3.20. The van der Waals surface area contributed by atoms with E-state index in [1.165, 1.54) is 6.26 Å². The van der Waals surface area contributed by atoms with Crippen molar-refractivity contribution in [3.63, 3.8) is 0 Å². The largest absolute Gasteiger partial charge is 0.385 e. The molecule has 0 fully saturated rings. The average molecular weight is 223 g/mol. The first kappa shape index (κ1) is 13.9. The van der Waals surface area contributed by atoms with Crippen molar-refractivity contribution in [3.8, 4) is 0 Å². The molecule has 14 heavy (non-hydrogen) atoms. The number of sulfone groups is 1. The Balaban J connectivity index is 3.07. The Morgan fingerprint density at radius 1 is 1.14 bits per heavy atom. The first-order valence-electron chi connectivity index (χ1n) is 4.93. The smallest absolute Gasteiger partial charge is 0.147 e. The summed E-state index contributed by atoms with van der Waals surface area (Å²) >= 11 is 0. The number of ether oxygens (including phenoxy) is 1. The van der Waals surface area contributed by atoms with Crippen molar-refractivity contribution in [1.82, 2.24) is 5.32 Å². The monoisotopic (exact) mass is 223 g/mol. The van der Waals surface area contributed by atoms with E-state index in [1.807, 2.05) is 0 Å². The Kier molecular flexibility index (Phi) is 8.12. The third kappa shape index (κ3) is 11.9. The lowest BCUT2D eigenvalue weighted by atomic mass is 10.3. The van der Waals surface area contributed by atoms with Gasteiger partial charge in [0.25, 0.3) is 0 Å². The molecule has 1 N–H and O–H groups in total. The molecule has 0 heterocycles. The molecule has 0 aromatic rings. The van der Waals surface area contributed by atoms with Gasteiger partial charge < -0.3 is 10.1 Å². The molecule has 4 nitrogen and oxygen atoms in total. The zero-order valence-corrected chi connectivity index (χ0v) is 9.90. The minimum Gasteiger partial charge on any atom is -0.385 e. The summed E-state index contributed by atoms with van der Waals surface area (Å²) < 4.78 is 26.4. The van der Waals surface area contributed by atoms with Gasteiger partial charge in [-0.1, -0.05) is 0 Å². The second-order valence-electron chi connectivity index (χ2n) is 3.43. The van der Waals surface area contributed by atoms with E-state index in [-0.39, 0.29) is 5.75 Å². The molecule has 0 atom stereocenters. The summed E-state index contributed by atoms with van der Waals surface area (Å²) in [6, 6.07) is 0. The van der Waals surface area contributed by atoms with Crippen LogP contribution in [-0.4, -0.2) is 47.2 Å². The highest BCUT2D eigenvalue weighted by atomic mass is 32.2. The molecule has 0 saturated carbocycles. The van der Waals surface area contributed by atoms with E-state index in [1.54, 1.807) is 7.11 Å². The molecule has 0 unspecified atom stereocenters. The third-order valence-corrected chi connectivity index (χ3v) is 2.85. The van der Waals surface area contributed by atoms with Crippen LogP contribution in [0.15, 0.2) is 0 Å². The number of hydrogen-bond donors (Lipinski definition) is 1. The number of nitrogens with one attached hydrogen (secondary N) is 1. The normalized spacial score (nSPS) is 11.9. The molecule has 86 valence electrons. The molecule has 0 aliphatic carbocycles. The van der Waals surface area contributed by atoms with Crippen LogP contribution in [0.2, 0.25) is 0 Å². The summed E-state index contributed by atoms with van der Waals surface area (Å²) in [5.74, 6) is 0.276. The first-order chi connectivity index (χ1) is 6.56. The van der Waals surface area contributed by atoms with Crippen LogP contribution >= 0.6 is 0 Å². The maximum absolute atomic E-state index is 10.8. The van der Waals surface area contributed by atoms with Gasteiger partial charge in [0.2, 0.25) is 0 Å². The van der Waals surface area contributed by atoms with Gasteiger partial charge in [0.15, 0.2) is 0 Å². The predicted molar refractivity (Wildman–Crippen MR) is 58.3 cm³/mol. The van der Waals surface area contributed by atoms with Gasteiger partial charge in [0, 0.05) is 20.0 Å². The standard InChI is InChI=1S/C9H21NO3S/c1-13-8-4-3-6-10-7-5-9-14(2,11)12/h10H,3-9H2,1-2H3. The van der Waals surface area contributed by atoms with E-state index in [0.717, 1.165) is 32.5 Å². The van der Waals surface area contributed by atoms with Crippen molar-refractivity contribution in [3.05, 3.63) is 0 Å². The lowest BCUT2D eigenvalue weighted by molar-refractivity contribution is 0.192. The van der Waals surface area contributed by atoms with Crippen molar-refractivity contribution >= 4 is 9.84 Å². The molecule has 0 amide bonds. The van der Waals surface area contributed by atoms with Crippen LogP contribution in [0.1, 0.15) is 19.3 Å². The summed E-state index contributed by atoms with van der Waals surface area (Å²) in [5.41, 5.74) is 0. The Hall–Kier alpha value is -0.130. The molecule has 0 radical (unpaired) electrons. The minimum atomic E-state index is -2.79. The van der Waals surface area contributed by atoms with Crippen LogP contribution < -0.4 is 5.32 Å². The van der Waals surface area contributed by atoms with Gasteiger partial charge in [-0.25, -0.2) is 8.42 Å². The van der Waals surface area contributed by atoms with Crippen molar-refractivity contribution in [1.29, 1.82) is 0 Å². The van der Waals surface area contributed by atoms with Gasteiger partial charge in [0.1, 0.15) is 9.84 Å². The second kappa shape index (κ2) is 8.20. The zero-order valence-electron chi connectivity index (χ0n) is 9.08. The third-order valence-electron chi connectivity index (χ3n) is 1.82. The average Bonchev–Trinajstić information content (AvgIpc) is 2.08. The SMILES string of the molecule is COCCCCNCCCS(C)(=O)=O. The highest BCUT2D eigenvalue weighted by Crippen LogP contribution is 1.89. The molecule has 0 bridgehead atoms. The fourth-order valence-corrected chi connectivity index (χ4v) is 1.75. The van der Waals surface area contributed by atoms with Gasteiger partial charge in [-0.2, -0.15) is 0 Å². The van der Waals surface area contributed by atoms with Crippen LogP contribution in [0.5, 0.6) is 0 Å². The summed E-state index contributed by atoms with van der Waals surface area (Å²) in [6.07, 6.45) is 4.09. The second-order valence-corrected chi connectivity index (χ2v) is 5.69. The zero-order chi connectivity index (χ0) is 10.9. The van der Waals surface area contributed by atoms with E-state index in [2.05, 4.69) is 5.32 Å². The fraction of sp³-hybridized carbons (Fsp3) is 1.00. The van der Waals surface area contributed by atoms with E-state index in [9.17, 15) is 8.42 Å². The summed E-state index contributed by atoms with van der Waals surface area (Å²) in [7, 11) is -1.09. The lowest BCUT2D eigenvalue weighted by Gasteiger charge is -2.03. The van der Waals surface area contributed by atoms with E-state index in [0.29, 0.717) is 6.42 Å². The van der Waals surface area contributed by atoms with Crippen LogP contribution in [0.3, 0.4) is 0 Å². The van der Waals surface area contributed by atoms with Gasteiger partial charge >= 0.3 is 0 Å². The Labute approximate surface area is 86.9 Å². The lowest BCUT2D eigenvalue weighted by Crippen LogP contribution is -2.19. The number of rotatable bonds is 9. The van der Waals surface area contributed by atoms with Crippen LogP contribution in [-0.2, 0) is 14.6 Å². The van der Waals surface area contributed by atoms with Gasteiger partial charge in [0.05, 0.1) is 5.75 Å². The number of hydrogen-bond acceptors (Lipinski definition) is 4. The maximum Gasteiger partial charge on any atom is 0.147 e. The predicted octanol–water partition coefficient (Wildman–Crippen LogP) is 0.437. The van der Waals surface area contributed by atoms with Gasteiger partial charge in [-0.05, 0) is 32.4 Å². The van der Waals surface area contributed by atoms with E-state index < -0.39 is 9.84 Å². The summed E-state index contributed by atoms with van der Waals surface area (Å²) in [6.45, 7) is 2.51. The molecular formula is C9H21NO3S. The molecular weight excluding hydrogens is 202 g/mol. The highest BCUT2D eigenvalue weighted by molar-refractivity contribution is 7.90. The molecule has 0 rings (SSSR count). The molecule has 5 heteroatoms. The minimum absolute atomic E-state index is 0.276. The van der Waals surface area contributed by atoms with Crippen molar-refractivity contribution in [2.75, 3.05) is 38.8 Å². The fourth-order valence-electron chi connectivity index (χ4n) is 1.08. The number of unbranched alkanes of at least 4 members (excludes halogenated alkanes) is 1. The first-order valence-corrected chi connectivity index (χ1v) is 6.99. The molecule has 0 saturated heterocycles. The molecule has 0 aliphatic heterocycles. The topological polar surface area (TPSA) is 55.4 Å². The van der Waals surface area contributed by atoms with Crippen molar-refractivity contribution in [2.45, 2.75) is 19.3 Å². The highest BCUT2D eigenvalue weighted by Gasteiger charge is 1.99. The quantitative estimate of drug-likeness (QED) is 0.576. The molecule has 0 aromatic heterocycles. The maximum atomic E-state index is 10.8. The van der Waals surface area contributed by atoms with Crippen molar-refractivity contribution in [2.24, 2.45) is 0 Å². The molecule has 0 aliphatic rings. The molecule has 0 aromatic carbocycles.